The largest absolute Gasteiger partial charge is 0.381 e. The molecule has 104 valence electrons. The van der Waals surface area contributed by atoms with Crippen LogP contribution in [-0.4, -0.2) is 4.92 Å². The second-order valence-electron chi connectivity index (χ2n) is 4.05. The molecular weight excluding hydrogens is 290 g/mol. The Bertz CT molecular complexity index is 645. The number of nitro groups is 1. The van der Waals surface area contributed by atoms with Crippen molar-refractivity contribution >= 4 is 23.0 Å². The third-order valence-corrected chi connectivity index (χ3v) is 2.87. The van der Waals surface area contributed by atoms with Gasteiger partial charge in [-0.15, -0.1) is 0 Å². The van der Waals surface area contributed by atoms with Crippen molar-refractivity contribution in [2.45, 2.75) is 6.54 Å². The van der Waals surface area contributed by atoms with Gasteiger partial charge in [0.25, 0.3) is 5.69 Å². The van der Waals surface area contributed by atoms with E-state index in [2.05, 4.69) is 5.32 Å². The maximum atomic E-state index is 13.0. The first kappa shape index (κ1) is 14.2. The van der Waals surface area contributed by atoms with E-state index in [1.807, 2.05) is 0 Å². The van der Waals surface area contributed by atoms with Gasteiger partial charge in [0.15, 0.2) is 0 Å². The van der Waals surface area contributed by atoms with Crippen LogP contribution in [0.15, 0.2) is 36.4 Å². The monoisotopic (exact) mass is 298 g/mol. The van der Waals surface area contributed by atoms with E-state index in [0.29, 0.717) is 11.3 Å². The molecule has 0 aliphatic carbocycles. The fourth-order valence-corrected chi connectivity index (χ4v) is 1.93. The molecule has 0 atom stereocenters. The first-order valence-electron chi connectivity index (χ1n) is 5.58. The van der Waals surface area contributed by atoms with Crippen LogP contribution in [0.5, 0.6) is 0 Å². The highest BCUT2D eigenvalue weighted by molar-refractivity contribution is 6.32. The number of anilines is 1. The van der Waals surface area contributed by atoms with Crippen LogP contribution < -0.4 is 5.32 Å². The van der Waals surface area contributed by atoms with Crippen molar-refractivity contribution in [1.29, 1.82) is 0 Å². The smallest absolute Gasteiger partial charge is 0.288 e. The molecule has 20 heavy (non-hydrogen) atoms. The summed E-state index contributed by atoms with van der Waals surface area (Å²) in [5, 5.41) is 13.5. The van der Waals surface area contributed by atoms with Gasteiger partial charge in [-0.05, 0) is 29.8 Å². The summed E-state index contributed by atoms with van der Waals surface area (Å²) in [4.78, 5) is 10.0. The fraction of sp³-hybridized carbons (Fsp3) is 0.0769. The normalized spacial score (nSPS) is 10.3. The maximum absolute atomic E-state index is 13.0. The van der Waals surface area contributed by atoms with Gasteiger partial charge in [0.1, 0.15) is 16.7 Å². The van der Waals surface area contributed by atoms with Gasteiger partial charge in [-0.3, -0.25) is 10.1 Å². The predicted molar refractivity (Wildman–Crippen MR) is 71.8 cm³/mol. The second kappa shape index (κ2) is 5.83. The summed E-state index contributed by atoms with van der Waals surface area (Å²) in [7, 11) is 0. The summed E-state index contributed by atoms with van der Waals surface area (Å²) in [5.41, 5.74) is 0.733. The molecule has 4 nitrogen and oxygen atoms in total. The molecule has 0 bridgehead atoms. The van der Waals surface area contributed by atoms with Crippen molar-refractivity contribution in [1.82, 2.24) is 0 Å². The topological polar surface area (TPSA) is 55.2 Å². The van der Waals surface area contributed by atoms with Crippen LogP contribution >= 0.6 is 11.6 Å². The van der Waals surface area contributed by atoms with Crippen molar-refractivity contribution in [2.24, 2.45) is 0 Å². The summed E-state index contributed by atoms with van der Waals surface area (Å²) < 4.78 is 26.0. The number of nitro benzene ring substituents is 1. The zero-order chi connectivity index (χ0) is 14.7. The molecule has 2 rings (SSSR count). The zero-order valence-electron chi connectivity index (χ0n) is 10.1. The number of rotatable bonds is 4. The molecule has 1 N–H and O–H groups in total. The second-order valence-corrected chi connectivity index (χ2v) is 4.46. The Kier molecular flexibility index (Phi) is 4.14. The molecule has 7 heteroatoms. The molecule has 0 aliphatic heterocycles. The molecule has 0 heterocycles. The van der Waals surface area contributed by atoms with E-state index in [9.17, 15) is 18.9 Å². The van der Waals surface area contributed by atoms with Gasteiger partial charge in [0.2, 0.25) is 0 Å². The lowest BCUT2D eigenvalue weighted by Crippen LogP contribution is -2.01. The minimum absolute atomic E-state index is 0.00887. The number of hydrogen-bond acceptors (Lipinski definition) is 3. The van der Waals surface area contributed by atoms with Crippen LogP contribution in [0.25, 0.3) is 0 Å². The Hall–Kier alpha value is -2.21. The molecule has 0 spiro atoms. The highest BCUT2D eigenvalue weighted by atomic mass is 35.5. The summed E-state index contributed by atoms with van der Waals surface area (Å²) in [6.45, 7) is 0.169. The van der Waals surface area contributed by atoms with Gasteiger partial charge in [-0.2, -0.15) is 0 Å². The lowest BCUT2D eigenvalue weighted by Gasteiger charge is -2.07. The zero-order valence-corrected chi connectivity index (χ0v) is 10.8. The number of nitrogens with one attached hydrogen (secondary N) is 1. The van der Waals surface area contributed by atoms with Crippen LogP contribution in [-0.2, 0) is 6.54 Å². The molecule has 0 fully saturated rings. The minimum Gasteiger partial charge on any atom is -0.381 e. The number of hydrogen-bond donors (Lipinski definition) is 1. The van der Waals surface area contributed by atoms with Gasteiger partial charge >= 0.3 is 0 Å². The summed E-state index contributed by atoms with van der Waals surface area (Å²) in [6, 6.07) is 7.30. The van der Waals surface area contributed by atoms with Gasteiger partial charge in [0, 0.05) is 24.4 Å². The molecule has 0 aliphatic rings. The Labute approximate surface area is 118 Å². The van der Waals surface area contributed by atoms with Crippen LogP contribution in [0.1, 0.15) is 5.56 Å². The predicted octanol–water partition coefficient (Wildman–Crippen LogP) is 4.14. The average Bonchev–Trinajstić information content (AvgIpc) is 2.35. The van der Waals surface area contributed by atoms with Crippen LogP contribution in [0.3, 0.4) is 0 Å². The lowest BCUT2D eigenvalue weighted by atomic mass is 10.2. The first-order chi connectivity index (χ1) is 9.45. The van der Waals surface area contributed by atoms with E-state index < -0.39 is 16.6 Å². The molecule has 0 amide bonds. The average molecular weight is 299 g/mol. The van der Waals surface area contributed by atoms with Crippen molar-refractivity contribution in [3.05, 3.63) is 68.7 Å². The molecule has 2 aromatic carbocycles. The van der Waals surface area contributed by atoms with E-state index in [4.69, 9.17) is 11.6 Å². The maximum Gasteiger partial charge on any atom is 0.288 e. The number of benzene rings is 2. The third-order valence-electron chi connectivity index (χ3n) is 2.56. The van der Waals surface area contributed by atoms with Gasteiger partial charge in [0.05, 0.1) is 4.92 Å². The fourth-order valence-electron chi connectivity index (χ4n) is 1.68. The first-order valence-corrected chi connectivity index (χ1v) is 5.96. The Morgan fingerprint density at radius 3 is 2.35 bits per heavy atom. The summed E-state index contributed by atoms with van der Waals surface area (Å²) in [6.07, 6.45) is 0. The van der Waals surface area contributed by atoms with Crippen LogP contribution in [0.4, 0.5) is 20.2 Å². The van der Waals surface area contributed by atoms with E-state index in [1.165, 1.54) is 30.3 Å². The molecule has 0 radical (unpaired) electrons. The quantitative estimate of drug-likeness (QED) is 0.682. The van der Waals surface area contributed by atoms with Gasteiger partial charge in [-0.1, -0.05) is 11.6 Å². The van der Waals surface area contributed by atoms with Crippen molar-refractivity contribution in [3.8, 4) is 0 Å². The summed E-state index contributed by atoms with van der Waals surface area (Å²) >= 11 is 5.75. The highest BCUT2D eigenvalue weighted by Gasteiger charge is 2.11. The van der Waals surface area contributed by atoms with Crippen LogP contribution in [0.2, 0.25) is 5.02 Å². The third kappa shape index (κ3) is 3.42. The van der Waals surface area contributed by atoms with E-state index in [-0.39, 0.29) is 17.3 Å². The van der Waals surface area contributed by atoms with Crippen molar-refractivity contribution < 1.29 is 13.7 Å². The summed E-state index contributed by atoms with van der Waals surface area (Å²) in [5.74, 6) is -1.33. The molecular formula is C13H9ClF2N2O2. The molecule has 0 aromatic heterocycles. The van der Waals surface area contributed by atoms with E-state index in [1.54, 1.807) is 0 Å². The lowest BCUT2D eigenvalue weighted by molar-refractivity contribution is -0.384. The Morgan fingerprint density at radius 1 is 1.15 bits per heavy atom. The SMILES string of the molecule is O=[N+]([O-])c1ccc(NCc2cc(F)cc(F)c2)cc1Cl. The van der Waals surface area contributed by atoms with Crippen molar-refractivity contribution in [3.63, 3.8) is 0 Å². The molecule has 0 unspecified atom stereocenters. The van der Waals surface area contributed by atoms with Crippen molar-refractivity contribution in [2.75, 3.05) is 5.32 Å². The highest BCUT2D eigenvalue weighted by Crippen LogP contribution is 2.27. The molecule has 2 aromatic rings. The van der Waals surface area contributed by atoms with E-state index in [0.717, 1.165) is 6.07 Å². The van der Waals surface area contributed by atoms with E-state index >= 15 is 0 Å². The Morgan fingerprint density at radius 2 is 1.80 bits per heavy atom. The minimum atomic E-state index is -0.663. The molecule has 0 saturated heterocycles. The number of halogens is 3. The van der Waals surface area contributed by atoms with Gasteiger partial charge < -0.3 is 5.32 Å². The van der Waals surface area contributed by atoms with Crippen LogP contribution in [0, 0.1) is 21.7 Å². The standard InChI is InChI=1S/C13H9ClF2N2O2/c14-12-6-11(1-2-13(12)18(19)20)17-7-8-3-9(15)5-10(16)4-8/h1-6,17H,7H2. The Balaban J connectivity index is 2.11. The number of nitrogens with zero attached hydrogens (tertiary/aromatic N) is 1. The van der Waals surface area contributed by atoms with Gasteiger partial charge in [-0.25, -0.2) is 8.78 Å². The molecule has 0 saturated carbocycles.